The van der Waals surface area contributed by atoms with Crippen LogP contribution in [-0.2, 0) is 14.3 Å². The van der Waals surface area contributed by atoms with Gasteiger partial charge in [0, 0.05) is 13.2 Å². The molecule has 1 aliphatic heterocycles. The first kappa shape index (κ1) is 17.0. The summed E-state index contributed by atoms with van der Waals surface area (Å²) in [5, 5.41) is 2.96. The summed E-state index contributed by atoms with van der Waals surface area (Å²) in [6, 6.07) is -0.394. The number of nitrogens with zero attached hydrogens (tertiary/aromatic N) is 1. The largest absolute Gasteiger partial charge is 0.380 e. The fourth-order valence-corrected chi connectivity index (χ4v) is 2.85. The second-order valence-electron chi connectivity index (χ2n) is 5.66. The molecule has 0 saturated carbocycles. The van der Waals surface area contributed by atoms with Gasteiger partial charge < -0.3 is 15.0 Å². The first-order valence-corrected chi connectivity index (χ1v) is 7.64. The Balaban J connectivity index is 3.01. The topological polar surface area (TPSA) is 58.6 Å². The Hall–Kier alpha value is -1.10. The summed E-state index contributed by atoms with van der Waals surface area (Å²) in [7, 11) is 0. The number of nitrogens with one attached hydrogen (secondary N) is 1. The highest BCUT2D eigenvalue weighted by Gasteiger charge is 2.49. The third-order valence-corrected chi connectivity index (χ3v) is 4.16. The van der Waals surface area contributed by atoms with E-state index >= 15 is 0 Å². The van der Waals surface area contributed by atoms with E-state index < -0.39 is 11.6 Å². The Morgan fingerprint density at radius 1 is 1.25 bits per heavy atom. The van der Waals surface area contributed by atoms with E-state index in [4.69, 9.17) is 4.74 Å². The average Bonchev–Trinajstić information content (AvgIpc) is 2.42. The van der Waals surface area contributed by atoms with Gasteiger partial charge in [-0.3, -0.25) is 9.59 Å². The summed E-state index contributed by atoms with van der Waals surface area (Å²) in [6.45, 7) is 11.3. The van der Waals surface area contributed by atoms with Crippen molar-refractivity contribution in [3.8, 4) is 0 Å². The van der Waals surface area contributed by atoms with Gasteiger partial charge in [-0.1, -0.05) is 27.7 Å². The summed E-state index contributed by atoms with van der Waals surface area (Å²) in [4.78, 5) is 26.9. The molecule has 1 rings (SSSR count). The molecule has 5 nitrogen and oxygen atoms in total. The number of hydrogen-bond donors (Lipinski definition) is 1. The predicted molar refractivity (Wildman–Crippen MR) is 78.3 cm³/mol. The van der Waals surface area contributed by atoms with E-state index in [0.717, 1.165) is 0 Å². The molecular formula is C15H28N2O3. The molecule has 0 bridgehead atoms. The monoisotopic (exact) mass is 284 g/mol. The zero-order chi connectivity index (χ0) is 15.3. The molecule has 0 aliphatic carbocycles. The van der Waals surface area contributed by atoms with E-state index in [1.807, 2.05) is 34.6 Å². The maximum absolute atomic E-state index is 12.8. The van der Waals surface area contributed by atoms with Crippen LogP contribution in [0.1, 0.15) is 47.5 Å². The fraction of sp³-hybridized carbons (Fsp3) is 0.867. The number of ether oxygens (including phenoxy) is 1. The molecule has 116 valence electrons. The van der Waals surface area contributed by atoms with Gasteiger partial charge in [-0.05, 0) is 25.7 Å². The molecule has 0 aromatic carbocycles. The molecule has 1 fully saturated rings. The number of carbonyl (C=O) groups excluding carboxylic acids is 2. The average molecular weight is 284 g/mol. The molecule has 1 heterocycles. The Morgan fingerprint density at radius 2 is 1.85 bits per heavy atom. The van der Waals surface area contributed by atoms with Gasteiger partial charge in [0.25, 0.3) is 0 Å². The van der Waals surface area contributed by atoms with Gasteiger partial charge in [0.1, 0.15) is 11.6 Å². The van der Waals surface area contributed by atoms with Crippen molar-refractivity contribution in [2.75, 3.05) is 19.8 Å². The summed E-state index contributed by atoms with van der Waals surface area (Å²) in [5.41, 5.74) is -0.741. The first-order valence-electron chi connectivity index (χ1n) is 7.64. The van der Waals surface area contributed by atoms with Crippen LogP contribution in [0.3, 0.4) is 0 Å². The number of carbonyl (C=O) groups is 2. The van der Waals surface area contributed by atoms with Crippen molar-refractivity contribution < 1.29 is 14.3 Å². The summed E-state index contributed by atoms with van der Waals surface area (Å²) >= 11 is 0. The van der Waals surface area contributed by atoms with Crippen LogP contribution in [0.2, 0.25) is 0 Å². The fourth-order valence-electron chi connectivity index (χ4n) is 2.85. The quantitative estimate of drug-likeness (QED) is 0.722. The first-order chi connectivity index (χ1) is 9.43. The summed E-state index contributed by atoms with van der Waals surface area (Å²) in [5.74, 6) is 0.0765. The van der Waals surface area contributed by atoms with Crippen LogP contribution in [0.25, 0.3) is 0 Å². The third kappa shape index (κ3) is 3.14. The van der Waals surface area contributed by atoms with E-state index in [9.17, 15) is 9.59 Å². The second kappa shape index (κ2) is 7.07. The highest BCUT2D eigenvalue weighted by Crippen LogP contribution is 2.27. The van der Waals surface area contributed by atoms with Gasteiger partial charge in [0.15, 0.2) is 0 Å². The summed E-state index contributed by atoms with van der Waals surface area (Å²) < 4.78 is 5.36. The molecule has 2 amide bonds. The van der Waals surface area contributed by atoms with Crippen LogP contribution in [0.4, 0.5) is 0 Å². The van der Waals surface area contributed by atoms with Gasteiger partial charge in [-0.25, -0.2) is 0 Å². The second-order valence-corrected chi connectivity index (χ2v) is 5.66. The lowest BCUT2D eigenvalue weighted by Crippen LogP contribution is -2.71. The summed E-state index contributed by atoms with van der Waals surface area (Å²) in [6.07, 6.45) is 1.23. The normalized spacial score (nSPS) is 22.3. The van der Waals surface area contributed by atoms with Crippen molar-refractivity contribution in [2.45, 2.75) is 59.0 Å². The Kier molecular flexibility index (Phi) is 5.99. The SMILES string of the molecule is CCOCCN1C(=O)C(CC)(CC)NC(=O)C1C(C)C. The maximum Gasteiger partial charge on any atom is 0.249 e. The standard InChI is InChI=1S/C15H28N2O3/c1-6-15(7-2)14(19)17(9-10-20-8-3)12(11(4)5)13(18)16-15/h11-12H,6-10H2,1-5H3,(H,16,18). The molecule has 0 radical (unpaired) electrons. The maximum atomic E-state index is 12.8. The predicted octanol–water partition coefficient (Wildman–Crippen LogP) is 1.56. The Morgan fingerprint density at radius 3 is 2.30 bits per heavy atom. The van der Waals surface area contributed by atoms with Crippen molar-refractivity contribution in [2.24, 2.45) is 5.92 Å². The zero-order valence-electron chi connectivity index (χ0n) is 13.4. The number of piperazine rings is 1. The van der Waals surface area contributed by atoms with Crippen molar-refractivity contribution >= 4 is 11.8 Å². The highest BCUT2D eigenvalue weighted by atomic mass is 16.5. The van der Waals surface area contributed by atoms with Crippen molar-refractivity contribution in [3.05, 3.63) is 0 Å². The lowest BCUT2D eigenvalue weighted by molar-refractivity contribution is -0.158. The van der Waals surface area contributed by atoms with Crippen LogP contribution in [0.15, 0.2) is 0 Å². The molecule has 0 aromatic rings. The Bertz CT molecular complexity index is 351. The van der Waals surface area contributed by atoms with Crippen molar-refractivity contribution in [1.29, 1.82) is 0 Å². The molecule has 1 aliphatic rings. The smallest absolute Gasteiger partial charge is 0.249 e. The van der Waals surface area contributed by atoms with E-state index in [2.05, 4.69) is 5.32 Å². The molecule has 5 heteroatoms. The number of rotatable bonds is 7. The molecule has 1 N–H and O–H groups in total. The van der Waals surface area contributed by atoms with Crippen LogP contribution in [-0.4, -0.2) is 48.1 Å². The molecule has 1 atom stereocenters. The van der Waals surface area contributed by atoms with E-state index in [0.29, 0.717) is 32.6 Å². The molecular weight excluding hydrogens is 256 g/mol. The van der Waals surface area contributed by atoms with Crippen LogP contribution >= 0.6 is 0 Å². The lowest BCUT2D eigenvalue weighted by Gasteiger charge is -2.46. The van der Waals surface area contributed by atoms with Crippen LogP contribution in [0, 0.1) is 5.92 Å². The molecule has 0 spiro atoms. The van der Waals surface area contributed by atoms with Crippen molar-refractivity contribution in [3.63, 3.8) is 0 Å². The van der Waals surface area contributed by atoms with Gasteiger partial charge in [0.05, 0.1) is 6.61 Å². The van der Waals surface area contributed by atoms with Gasteiger partial charge in [-0.15, -0.1) is 0 Å². The van der Waals surface area contributed by atoms with Crippen molar-refractivity contribution in [1.82, 2.24) is 10.2 Å². The Labute approximate surface area is 122 Å². The highest BCUT2D eigenvalue weighted by molar-refractivity contribution is 5.99. The van der Waals surface area contributed by atoms with E-state index in [1.54, 1.807) is 4.90 Å². The van der Waals surface area contributed by atoms with Gasteiger partial charge >= 0.3 is 0 Å². The van der Waals surface area contributed by atoms with Crippen LogP contribution < -0.4 is 5.32 Å². The molecule has 0 aromatic heterocycles. The minimum Gasteiger partial charge on any atom is -0.380 e. The number of amides is 2. The molecule has 1 unspecified atom stereocenters. The van der Waals surface area contributed by atoms with Gasteiger partial charge in [0.2, 0.25) is 11.8 Å². The third-order valence-electron chi connectivity index (χ3n) is 4.16. The zero-order valence-corrected chi connectivity index (χ0v) is 13.4. The van der Waals surface area contributed by atoms with E-state index in [-0.39, 0.29) is 17.7 Å². The van der Waals surface area contributed by atoms with Gasteiger partial charge in [-0.2, -0.15) is 0 Å². The minimum atomic E-state index is -0.741. The molecule has 20 heavy (non-hydrogen) atoms. The minimum absolute atomic E-state index is 0.0282. The number of hydrogen-bond acceptors (Lipinski definition) is 3. The van der Waals surface area contributed by atoms with E-state index in [1.165, 1.54) is 0 Å². The van der Waals surface area contributed by atoms with Crippen LogP contribution in [0.5, 0.6) is 0 Å². The lowest BCUT2D eigenvalue weighted by atomic mass is 9.85. The molecule has 1 saturated heterocycles.